The fourth-order valence-corrected chi connectivity index (χ4v) is 3.12. The van der Waals surface area contributed by atoms with Gasteiger partial charge in [-0.25, -0.2) is 10.1 Å². The first kappa shape index (κ1) is 20.8. The third-order valence-electron chi connectivity index (χ3n) is 4.69. The van der Waals surface area contributed by atoms with E-state index >= 15 is 0 Å². The van der Waals surface area contributed by atoms with Crippen LogP contribution in [-0.2, 0) is 0 Å². The third kappa shape index (κ3) is 4.49. The van der Waals surface area contributed by atoms with Crippen LogP contribution in [0.3, 0.4) is 0 Å². The molecule has 0 fully saturated rings. The molecule has 0 aliphatic carbocycles. The summed E-state index contributed by atoms with van der Waals surface area (Å²) in [4.78, 5) is 16.3. The molecule has 8 heteroatoms. The van der Waals surface area contributed by atoms with Crippen LogP contribution < -0.4 is 14.9 Å². The molecule has 4 aromatic rings. The first-order chi connectivity index (χ1) is 15.7. The van der Waals surface area contributed by atoms with Crippen molar-refractivity contribution in [3.05, 3.63) is 90.4 Å². The smallest absolute Gasteiger partial charge is 0.289 e. The zero-order valence-electron chi connectivity index (χ0n) is 17.6. The molecular formula is C24H21N5O3. The molecule has 160 valence electrons. The quantitative estimate of drug-likeness (QED) is 0.359. The highest BCUT2D eigenvalue weighted by Gasteiger charge is 2.14. The van der Waals surface area contributed by atoms with Gasteiger partial charge < -0.3 is 9.47 Å². The Hall–Kier alpha value is -4.46. The van der Waals surface area contributed by atoms with Gasteiger partial charge in [-0.15, -0.1) is 0 Å². The van der Waals surface area contributed by atoms with Crippen LogP contribution in [0.5, 0.6) is 11.5 Å². The summed E-state index contributed by atoms with van der Waals surface area (Å²) in [5.41, 5.74) is 5.88. The van der Waals surface area contributed by atoms with E-state index in [-0.39, 0.29) is 5.69 Å². The number of nitrogens with zero attached hydrogens (tertiary/aromatic N) is 4. The van der Waals surface area contributed by atoms with E-state index in [9.17, 15) is 4.79 Å². The fraction of sp³-hybridized carbons (Fsp3) is 0.0833. The zero-order valence-corrected chi connectivity index (χ0v) is 17.6. The van der Waals surface area contributed by atoms with E-state index in [4.69, 9.17) is 14.6 Å². The highest BCUT2D eigenvalue weighted by molar-refractivity contribution is 5.94. The minimum atomic E-state index is -0.398. The monoisotopic (exact) mass is 427 g/mol. The lowest BCUT2D eigenvalue weighted by Crippen LogP contribution is -2.18. The fourth-order valence-electron chi connectivity index (χ4n) is 3.12. The molecule has 1 N–H and O–H groups in total. The van der Waals surface area contributed by atoms with Gasteiger partial charge in [0.1, 0.15) is 11.4 Å². The van der Waals surface area contributed by atoms with Crippen LogP contribution in [0.1, 0.15) is 16.1 Å². The number of benzene rings is 2. The number of nitrogens with one attached hydrogen (secondary N) is 1. The molecule has 8 nitrogen and oxygen atoms in total. The summed E-state index contributed by atoms with van der Waals surface area (Å²) in [6.45, 7) is 0. The average Bonchev–Trinajstić information content (AvgIpc) is 3.28. The maximum absolute atomic E-state index is 12.2. The van der Waals surface area contributed by atoms with Crippen molar-refractivity contribution in [2.75, 3.05) is 14.2 Å². The largest absolute Gasteiger partial charge is 0.493 e. The van der Waals surface area contributed by atoms with Gasteiger partial charge in [0.15, 0.2) is 11.5 Å². The van der Waals surface area contributed by atoms with Gasteiger partial charge >= 0.3 is 0 Å². The summed E-state index contributed by atoms with van der Waals surface area (Å²) in [7, 11) is 3.17. The first-order valence-corrected chi connectivity index (χ1v) is 9.81. The van der Waals surface area contributed by atoms with Crippen molar-refractivity contribution in [3.8, 4) is 28.4 Å². The molecule has 0 spiro atoms. The number of pyridine rings is 1. The molecule has 1 amide bonds. The second-order valence-corrected chi connectivity index (χ2v) is 6.70. The average molecular weight is 427 g/mol. The lowest BCUT2D eigenvalue weighted by Gasteiger charge is -2.09. The van der Waals surface area contributed by atoms with Crippen molar-refractivity contribution in [1.29, 1.82) is 0 Å². The number of carbonyl (C=O) groups excluding carboxylic acids is 1. The van der Waals surface area contributed by atoms with E-state index in [1.807, 2.05) is 54.7 Å². The standard InChI is InChI=1S/C24H21N5O3/c1-31-21-12-11-17(14-22(21)32-2)23-18(16-29(28-23)19-8-4-3-5-9-19)15-26-27-24(30)20-10-6-7-13-25-20/h3-16H,1-2H3,(H,27,30). The number of para-hydroxylation sites is 1. The van der Waals surface area contributed by atoms with Gasteiger partial charge in [0.05, 0.1) is 26.1 Å². The SMILES string of the molecule is COc1ccc(-c2nn(-c3ccccc3)cc2C=NNC(=O)c2ccccn2)cc1OC. The molecule has 0 aliphatic rings. The Bertz CT molecular complexity index is 1240. The lowest BCUT2D eigenvalue weighted by atomic mass is 10.1. The van der Waals surface area contributed by atoms with Crippen LogP contribution in [0.4, 0.5) is 0 Å². The second kappa shape index (κ2) is 9.57. The van der Waals surface area contributed by atoms with Gasteiger partial charge in [-0.2, -0.15) is 10.2 Å². The van der Waals surface area contributed by atoms with Crippen LogP contribution in [0.15, 0.2) is 84.2 Å². The molecule has 0 aliphatic heterocycles. The minimum absolute atomic E-state index is 0.282. The van der Waals surface area contributed by atoms with E-state index < -0.39 is 5.91 Å². The van der Waals surface area contributed by atoms with E-state index in [1.54, 1.807) is 49.5 Å². The number of methoxy groups -OCH3 is 2. The molecule has 0 saturated carbocycles. The molecule has 2 aromatic carbocycles. The minimum Gasteiger partial charge on any atom is -0.493 e. The van der Waals surface area contributed by atoms with E-state index in [1.165, 1.54) is 0 Å². The Balaban J connectivity index is 1.69. The van der Waals surface area contributed by atoms with Gasteiger partial charge in [-0.1, -0.05) is 24.3 Å². The van der Waals surface area contributed by atoms with Gasteiger partial charge in [-0.3, -0.25) is 9.78 Å². The Labute approximate surface area is 185 Å². The molecule has 0 atom stereocenters. The molecule has 0 bridgehead atoms. The predicted octanol–water partition coefficient (Wildman–Crippen LogP) is 3.72. The number of rotatable bonds is 7. The summed E-state index contributed by atoms with van der Waals surface area (Å²) in [6, 6.07) is 20.4. The van der Waals surface area contributed by atoms with Crippen LogP contribution in [-0.4, -0.2) is 41.1 Å². The van der Waals surface area contributed by atoms with Crippen molar-refractivity contribution < 1.29 is 14.3 Å². The molecule has 0 radical (unpaired) electrons. The van der Waals surface area contributed by atoms with Gasteiger partial charge in [-0.05, 0) is 42.5 Å². The van der Waals surface area contributed by atoms with Crippen molar-refractivity contribution in [2.24, 2.45) is 5.10 Å². The van der Waals surface area contributed by atoms with Crippen LogP contribution in [0.25, 0.3) is 16.9 Å². The number of ether oxygens (including phenoxy) is 2. The normalized spacial score (nSPS) is 10.8. The summed E-state index contributed by atoms with van der Waals surface area (Å²) < 4.78 is 12.5. The maximum atomic E-state index is 12.2. The van der Waals surface area contributed by atoms with Crippen LogP contribution in [0, 0.1) is 0 Å². The summed E-state index contributed by atoms with van der Waals surface area (Å²) >= 11 is 0. The number of hydrogen-bond acceptors (Lipinski definition) is 6. The number of carbonyl (C=O) groups is 1. The lowest BCUT2D eigenvalue weighted by molar-refractivity contribution is 0.0950. The number of hydrogen-bond donors (Lipinski definition) is 1. The molecular weight excluding hydrogens is 406 g/mol. The topological polar surface area (TPSA) is 90.6 Å². The highest BCUT2D eigenvalue weighted by atomic mass is 16.5. The number of amides is 1. The van der Waals surface area contributed by atoms with Crippen LogP contribution >= 0.6 is 0 Å². The summed E-state index contributed by atoms with van der Waals surface area (Å²) in [5, 5.41) is 8.86. The molecule has 4 rings (SSSR count). The zero-order chi connectivity index (χ0) is 22.3. The predicted molar refractivity (Wildman–Crippen MR) is 121 cm³/mol. The van der Waals surface area contributed by atoms with E-state index in [0.29, 0.717) is 22.8 Å². The Morgan fingerprint density at radius 3 is 2.50 bits per heavy atom. The summed E-state index contributed by atoms with van der Waals surface area (Å²) in [5.74, 6) is 0.812. The Morgan fingerprint density at radius 2 is 1.78 bits per heavy atom. The highest BCUT2D eigenvalue weighted by Crippen LogP contribution is 2.33. The van der Waals surface area contributed by atoms with Crippen LogP contribution in [0.2, 0.25) is 0 Å². The van der Waals surface area contributed by atoms with Crippen molar-refractivity contribution in [1.82, 2.24) is 20.2 Å². The Kier molecular flexibility index (Phi) is 6.22. The number of aromatic nitrogens is 3. The van der Waals surface area contributed by atoms with E-state index in [0.717, 1.165) is 11.3 Å². The van der Waals surface area contributed by atoms with E-state index in [2.05, 4.69) is 15.5 Å². The third-order valence-corrected chi connectivity index (χ3v) is 4.69. The van der Waals surface area contributed by atoms with Crippen molar-refractivity contribution >= 4 is 12.1 Å². The molecule has 0 unspecified atom stereocenters. The van der Waals surface area contributed by atoms with Gasteiger partial charge in [0.2, 0.25) is 0 Å². The Morgan fingerprint density at radius 1 is 1.00 bits per heavy atom. The molecule has 32 heavy (non-hydrogen) atoms. The first-order valence-electron chi connectivity index (χ1n) is 9.81. The summed E-state index contributed by atoms with van der Waals surface area (Å²) in [6.07, 6.45) is 4.95. The van der Waals surface area contributed by atoms with Crippen molar-refractivity contribution in [3.63, 3.8) is 0 Å². The molecule has 2 heterocycles. The van der Waals surface area contributed by atoms with Gasteiger partial charge in [0, 0.05) is 23.5 Å². The second-order valence-electron chi connectivity index (χ2n) is 6.70. The number of hydrazone groups is 1. The maximum Gasteiger partial charge on any atom is 0.289 e. The van der Waals surface area contributed by atoms with Crippen molar-refractivity contribution in [2.45, 2.75) is 0 Å². The molecule has 0 saturated heterocycles. The molecule has 2 aromatic heterocycles. The van der Waals surface area contributed by atoms with Gasteiger partial charge in [0.25, 0.3) is 5.91 Å².